The van der Waals surface area contributed by atoms with Crippen LogP contribution in [0, 0.1) is 0 Å². The van der Waals surface area contributed by atoms with Crippen LogP contribution in [0.1, 0.15) is 38.7 Å². The van der Waals surface area contributed by atoms with Gasteiger partial charge in [-0.05, 0) is 31.7 Å². The number of carbonyl (C=O) groups is 3. The number of hydrogen-bond acceptors (Lipinski definition) is 4. The van der Waals surface area contributed by atoms with Crippen molar-refractivity contribution in [2.45, 2.75) is 44.6 Å². The molecule has 1 aromatic rings. The van der Waals surface area contributed by atoms with Crippen LogP contribution in [-0.4, -0.2) is 37.0 Å². The third-order valence-electron chi connectivity index (χ3n) is 4.12. The largest absolute Gasteiger partial charge is 0.455 e. The Labute approximate surface area is 142 Å². The first-order valence-electron chi connectivity index (χ1n) is 8.29. The fraction of sp³-hybridized carbons (Fsp3) is 0.500. The first-order chi connectivity index (χ1) is 11.5. The molecule has 130 valence electrons. The quantitative estimate of drug-likeness (QED) is 0.703. The molecule has 0 heterocycles. The van der Waals surface area contributed by atoms with Gasteiger partial charge in [-0.2, -0.15) is 0 Å². The second-order valence-corrected chi connectivity index (χ2v) is 6.10. The average Bonchev–Trinajstić information content (AvgIpc) is 3.40. The number of nitrogens with one attached hydrogen (secondary N) is 2. The second kappa shape index (κ2) is 7.95. The summed E-state index contributed by atoms with van der Waals surface area (Å²) in [6.07, 6.45) is 2.28. The van der Waals surface area contributed by atoms with Gasteiger partial charge in [-0.15, -0.1) is 0 Å². The number of amides is 2. The van der Waals surface area contributed by atoms with E-state index in [9.17, 15) is 14.4 Å². The summed E-state index contributed by atoms with van der Waals surface area (Å²) in [7, 11) is 0. The lowest BCUT2D eigenvalue weighted by atomic mass is 9.96. The Kier molecular flexibility index (Phi) is 5.95. The van der Waals surface area contributed by atoms with E-state index in [2.05, 4.69) is 10.6 Å². The first kappa shape index (κ1) is 18.0. The van der Waals surface area contributed by atoms with Gasteiger partial charge >= 0.3 is 5.97 Å². The van der Waals surface area contributed by atoms with E-state index in [1.165, 1.54) is 0 Å². The van der Waals surface area contributed by atoms with Crippen molar-refractivity contribution in [2.24, 2.45) is 0 Å². The SMILES string of the molecule is CCCNC(=O)[C@@H](C)NC(=O)COC(=O)C1(c2ccccc2)CC1. The summed E-state index contributed by atoms with van der Waals surface area (Å²) >= 11 is 0. The van der Waals surface area contributed by atoms with Crippen molar-refractivity contribution < 1.29 is 19.1 Å². The number of esters is 1. The molecule has 1 saturated carbocycles. The van der Waals surface area contributed by atoms with Gasteiger partial charge in [0.05, 0.1) is 5.41 Å². The van der Waals surface area contributed by atoms with Crippen molar-refractivity contribution in [3.63, 3.8) is 0 Å². The molecule has 6 heteroatoms. The number of rotatable bonds is 8. The third kappa shape index (κ3) is 4.34. The smallest absolute Gasteiger partial charge is 0.317 e. The summed E-state index contributed by atoms with van der Waals surface area (Å²) in [6.45, 7) is 3.73. The lowest BCUT2D eigenvalue weighted by Gasteiger charge is -2.16. The highest BCUT2D eigenvalue weighted by molar-refractivity contribution is 5.91. The fourth-order valence-electron chi connectivity index (χ4n) is 2.51. The Bertz CT molecular complexity index is 596. The molecule has 0 unspecified atom stereocenters. The number of hydrogen-bond donors (Lipinski definition) is 2. The van der Waals surface area contributed by atoms with Crippen LogP contribution in [0.2, 0.25) is 0 Å². The van der Waals surface area contributed by atoms with E-state index >= 15 is 0 Å². The predicted octanol–water partition coefficient (Wildman–Crippen LogP) is 1.29. The Hall–Kier alpha value is -2.37. The van der Waals surface area contributed by atoms with Crippen molar-refractivity contribution in [2.75, 3.05) is 13.2 Å². The van der Waals surface area contributed by atoms with Crippen molar-refractivity contribution in [1.82, 2.24) is 10.6 Å². The lowest BCUT2D eigenvalue weighted by molar-refractivity contribution is -0.151. The highest BCUT2D eigenvalue weighted by atomic mass is 16.5. The predicted molar refractivity (Wildman–Crippen MR) is 89.2 cm³/mol. The van der Waals surface area contributed by atoms with E-state index in [-0.39, 0.29) is 18.5 Å². The van der Waals surface area contributed by atoms with Crippen molar-refractivity contribution in [3.05, 3.63) is 35.9 Å². The van der Waals surface area contributed by atoms with E-state index in [1.54, 1.807) is 6.92 Å². The van der Waals surface area contributed by atoms with Gasteiger partial charge in [0.15, 0.2) is 6.61 Å². The molecular weight excluding hydrogens is 308 g/mol. The lowest BCUT2D eigenvalue weighted by Crippen LogP contribution is -2.46. The number of benzene rings is 1. The van der Waals surface area contributed by atoms with Crippen LogP contribution in [0.25, 0.3) is 0 Å². The molecule has 0 spiro atoms. The summed E-state index contributed by atoms with van der Waals surface area (Å²) in [5.74, 6) is -1.11. The molecule has 1 aliphatic rings. The maximum atomic E-state index is 12.3. The molecule has 2 N–H and O–H groups in total. The van der Waals surface area contributed by atoms with Crippen molar-refractivity contribution in [1.29, 1.82) is 0 Å². The third-order valence-corrected chi connectivity index (χ3v) is 4.12. The molecule has 1 atom stereocenters. The summed E-state index contributed by atoms with van der Waals surface area (Å²) < 4.78 is 5.16. The zero-order valence-corrected chi connectivity index (χ0v) is 14.1. The average molecular weight is 332 g/mol. The second-order valence-electron chi connectivity index (χ2n) is 6.10. The van der Waals surface area contributed by atoms with E-state index in [0.717, 1.165) is 24.8 Å². The molecule has 0 saturated heterocycles. The number of ether oxygens (including phenoxy) is 1. The summed E-state index contributed by atoms with van der Waals surface area (Å²) in [5.41, 5.74) is 0.314. The summed E-state index contributed by atoms with van der Waals surface area (Å²) in [4.78, 5) is 35.9. The minimum Gasteiger partial charge on any atom is -0.455 e. The monoisotopic (exact) mass is 332 g/mol. The van der Waals surface area contributed by atoms with Gasteiger partial charge in [0, 0.05) is 6.54 Å². The molecule has 1 aromatic carbocycles. The van der Waals surface area contributed by atoms with Crippen LogP contribution in [0.5, 0.6) is 0 Å². The molecule has 1 aliphatic carbocycles. The van der Waals surface area contributed by atoms with Crippen LogP contribution < -0.4 is 10.6 Å². The Morgan fingerprint density at radius 1 is 1.21 bits per heavy atom. The molecule has 24 heavy (non-hydrogen) atoms. The molecule has 1 fully saturated rings. The zero-order valence-electron chi connectivity index (χ0n) is 14.1. The van der Waals surface area contributed by atoms with Gasteiger partial charge in [0.2, 0.25) is 5.91 Å². The molecule has 0 aromatic heterocycles. The van der Waals surface area contributed by atoms with Gasteiger partial charge < -0.3 is 15.4 Å². The minimum absolute atomic E-state index is 0.250. The molecule has 2 amide bonds. The highest BCUT2D eigenvalue weighted by Gasteiger charge is 2.52. The van der Waals surface area contributed by atoms with Gasteiger partial charge in [-0.25, -0.2) is 0 Å². The first-order valence-corrected chi connectivity index (χ1v) is 8.29. The molecule has 2 rings (SSSR count). The molecule has 0 bridgehead atoms. The van der Waals surface area contributed by atoms with E-state index in [1.807, 2.05) is 37.3 Å². The maximum Gasteiger partial charge on any atom is 0.317 e. The standard InChI is InChI=1S/C18H24N2O4/c1-3-11-19-16(22)13(2)20-15(21)12-24-17(23)18(9-10-18)14-7-5-4-6-8-14/h4-8,13H,3,9-12H2,1-2H3,(H,19,22)(H,20,21)/t13-/m1/s1. The van der Waals surface area contributed by atoms with Gasteiger partial charge in [-0.3, -0.25) is 14.4 Å². The molecular formula is C18H24N2O4. The van der Waals surface area contributed by atoms with Crippen LogP contribution >= 0.6 is 0 Å². The topological polar surface area (TPSA) is 84.5 Å². The summed E-state index contributed by atoms with van der Waals surface area (Å²) in [6, 6.07) is 8.79. The molecule has 0 aliphatic heterocycles. The van der Waals surface area contributed by atoms with Gasteiger partial charge in [0.1, 0.15) is 6.04 Å². The Morgan fingerprint density at radius 3 is 2.46 bits per heavy atom. The van der Waals surface area contributed by atoms with Crippen LogP contribution in [0.4, 0.5) is 0 Å². The Balaban J connectivity index is 1.80. The van der Waals surface area contributed by atoms with Crippen molar-refractivity contribution >= 4 is 17.8 Å². The van der Waals surface area contributed by atoms with Crippen molar-refractivity contribution in [3.8, 4) is 0 Å². The van der Waals surface area contributed by atoms with E-state index < -0.39 is 17.4 Å². The fourth-order valence-corrected chi connectivity index (χ4v) is 2.51. The molecule has 0 radical (unpaired) electrons. The van der Waals surface area contributed by atoms with Crippen LogP contribution in [0.3, 0.4) is 0 Å². The van der Waals surface area contributed by atoms with E-state index in [4.69, 9.17) is 4.74 Å². The zero-order chi connectivity index (χ0) is 17.6. The van der Waals surface area contributed by atoms with Gasteiger partial charge in [-0.1, -0.05) is 37.3 Å². The maximum absolute atomic E-state index is 12.3. The summed E-state index contributed by atoms with van der Waals surface area (Å²) in [5, 5.41) is 5.22. The van der Waals surface area contributed by atoms with E-state index in [0.29, 0.717) is 6.54 Å². The highest BCUT2D eigenvalue weighted by Crippen LogP contribution is 2.49. The minimum atomic E-state index is -0.660. The number of carbonyl (C=O) groups excluding carboxylic acids is 3. The van der Waals surface area contributed by atoms with Crippen LogP contribution in [0.15, 0.2) is 30.3 Å². The molecule has 6 nitrogen and oxygen atoms in total. The van der Waals surface area contributed by atoms with Gasteiger partial charge in [0.25, 0.3) is 5.91 Å². The normalized spacial score (nSPS) is 15.9. The van der Waals surface area contributed by atoms with Crippen LogP contribution in [-0.2, 0) is 24.5 Å². The Morgan fingerprint density at radius 2 is 1.88 bits per heavy atom.